The second-order valence-electron chi connectivity index (χ2n) is 17.4. The number of carbonyl (C=O) groups excluding carboxylic acids is 2. The zero-order valence-electron chi connectivity index (χ0n) is 26.6. The number of hydrogen-bond acceptors (Lipinski definition) is 4. The quantitative estimate of drug-likeness (QED) is 0.365. The zero-order valence-corrected chi connectivity index (χ0v) is 26.6. The minimum atomic E-state index is -0.511. The van der Waals surface area contributed by atoms with Crippen molar-refractivity contribution in [2.45, 2.75) is 139 Å². The lowest BCUT2D eigenvalue weighted by molar-refractivity contribution is -0.188. The first-order chi connectivity index (χ1) is 17.7. The van der Waals surface area contributed by atoms with Crippen LogP contribution in [0.5, 0.6) is 0 Å². The van der Waals surface area contributed by atoms with Crippen molar-refractivity contribution >= 4 is 11.7 Å². The number of amides is 1. The summed E-state index contributed by atoms with van der Waals surface area (Å²) in [6.45, 7) is 22.4. The molecule has 220 valence electrons. The van der Waals surface area contributed by atoms with Gasteiger partial charge in [-0.05, 0) is 124 Å². The number of rotatable bonds is 2. The van der Waals surface area contributed by atoms with Crippen LogP contribution in [0.3, 0.4) is 0 Å². The molecule has 4 saturated carbocycles. The lowest BCUT2D eigenvalue weighted by atomic mass is 9.33. The average Bonchev–Trinajstić information content (AvgIpc) is 2.82. The van der Waals surface area contributed by atoms with Crippen molar-refractivity contribution in [1.82, 2.24) is 5.48 Å². The molecule has 0 radical (unpaired) electrons. The van der Waals surface area contributed by atoms with Gasteiger partial charge < -0.3 is 5.73 Å². The van der Waals surface area contributed by atoms with Gasteiger partial charge in [0.2, 0.25) is 5.91 Å². The molecule has 5 heteroatoms. The van der Waals surface area contributed by atoms with E-state index in [-0.39, 0.29) is 50.9 Å². The van der Waals surface area contributed by atoms with Crippen molar-refractivity contribution in [2.24, 2.45) is 56.0 Å². The number of carbonyl (C=O) groups is 2. The standard InChI is InChI=1S/C34H56N2O3/c1-28(2,3)39-36-27(38)31(7)16-15-30(6)17-18-33(9)21(22(30)20-31)19-23(37)26-32(8)13-12-25(35)29(4,5)24(32)11-14-34(26,33)10/h19,22,24-26H,11-18,20,35H2,1-10H3,(H,36,38)/t22-,24?,25-,26+,30+,31-,32-,33+,34+/m0/s1. The number of nitrogens with two attached hydrogens (primary N) is 1. The van der Waals surface area contributed by atoms with Crippen LogP contribution < -0.4 is 11.2 Å². The Labute approximate surface area is 237 Å². The molecule has 5 nitrogen and oxygen atoms in total. The molecule has 0 spiro atoms. The van der Waals surface area contributed by atoms with E-state index in [0.29, 0.717) is 11.7 Å². The maximum Gasteiger partial charge on any atom is 0.249 e. The summed E-state index contributed by atoms with van der Waals surface area (Å²) < 4.78 is 0. The summed E-state index contributed by atoms with van der Waals surface area (Å²) in [6, 6.07) is 0.198. The summed E-state index contributed by atoms with van der Waals surface area (Å²) in [5, 5.41) is 0. The SMILES string of the molecule is CC(C)(C)ONC(=O)[C@@]1(C)CC[C@]2(C)CC[C@]3(C)C(=CC(=O)[C@@H]4[C@@]5(C)CC[C@H](N)C(C)(C)C5CC[C@]43C)[C@@H]2C1. The summed E-state index contributed by atoms with van der Waals surface area (Å²) in [6.07, 6.45) is 11.3. The van der Waals surface area contributed by atoms with E-state index in [1.54, 1.807) is 0 Å². The summed E-state index contributed by atoms with van der Waals surface area (Å²) in [5.41, 5.74) is 9.91. The Morgan fingerprint density at radius 1 is 0.949 bits per heavy atom. The number of allylic oxidation sites excluding steroid dienone is 2. The fraction of sp³-hybridized carbons (Fsp3) is 0.882. The molecule has 4 fully saturated rings. The van der Waals surface area contributed by atoms with Crippen molar-refractivity contribution in [2.75, 3.05) is 0 Å². The monoisotopic (exact) mass is 540 g/mol. The first-order valence-corrected chi connectivity index (χ1v) is 15.7. The Balaban J connectivity index is 1.53. The van der Waals surface area contributed by atoms with E-state index in [4.69, 9.17) is 10.6 Å². The Morgan fingerprint density at radius 3 is 2.23 bits per heavy atom. The van der Waals surface area contributed by atoms with Gasteiger partial charge in [-0.25, -0.2) is 5.48 Å². The van der Waals surface area contributed by atoms with Crippen molar-refractivity contribution in [3.05, 3.63) is 11.6 Å². The minimum Gasteiger partial charge on any atom is -0.327 e. The molecule has 0 aromatic carbocycles. The Bertz CT molecular complexity index is 1090. The van der Waals surface area contributed by atoms with E-state index in [1.807, 2.05) is 20.8 Å². The third-order valence-electron chi connectivity index (χ3n) is 13.7. The van der Waals surface area contributed by atoms with E-state index in [1.165, 1.54) is 5.57 Å². The van der Waals surface area contributed by atoms with Gasteiger partial charge in [0.05, 0.1) is 5.60 Å². The number of fused-ring (bicyclic) bond motifs is 7. The maximum absolute atomic E-state index is 14.5. The average molecular weight is 541 g/mol. The Morgan fingerprint density at radius 2 is 1.59 bits per heavy atom. The molecule has 0 aromatic rings. The molecule has 5 aliphatic carbocycles. The van der Waals surface area contributed by atoms with Crippen molar-refractivity contribution in [3.63, 3.8) is 0 Å². The summed E-state index contributed by atoms with van der Waals surface area (Å²) in [4.78, 5) is 33.7. The van der Waals surface area contributed by atoms with Crippen LogP contribution >= 0.6 is 0 Å². The van der Waals surface area contributed by atoms with E-state index in [0.717, 1.165) is 57.8 Å². The van der Waals surface area contributed by atoms with Crippen LogP contribution in [-0.4, -0.2) is 23.3 Å². The highest BCUT2D eigenvalue weighted by Gasteiger charge is 2.70. The molecule has 0 bridgehead atoms. The number of hydroxylamine groups is 1. The lowest BCUT2D eigenvalue weighted by Crippen LogP contribution is -2.67. The van der Waals surface area contributed by atoms with Crippen LogP contribution in [0.4, 0.5) is 0 Å². The molecule has 0 aliphatic heterocycles. The van der Waals surface area contributed by atoms with Gasteiger partial charge in [0, 0.05) is 17.4 Å². The van der Waals surface area contributed by atoms with E-state index < -0.39 is 11.0 Å². The predicted octanol–water partition coefficient (Wildman–Crippen LogP) is 7.14. The number of nitrogens with one attached hydrogen (secondary N) is 1. The predicted molar refractivity (Wildman–Crippen MR) is 156 cm³/mol. The van der Waals surface area contributed by atoms with E-state index >= 15 is 0 Å². The molecule has 5 rings (SSSR count). The maximum atomic E-state index is 14.5. The Hall–Kier alpha value is -1.20. The summed E-state index contributed by atoms with van der Waals surface area (Å²) in [5.74, 6) is 1.06. The smallest absolute Gasteiger partial charge is 0.249 e. The van der Waals surface area contributed by atoms with Gasteiger partial charge in [-0.2, -0.15) is 0 Å². The van der Waals surface area contributed by atoms with Crippen LogP contribution in [0, 0.1) is 50.2 Å². The van der Waals surface area contributed by atoms with Gasteiger partial charge in [0.1, 0.15) is 0 Å². The van der Waals surface area contributed by atoms with Gasteiger partial charge in [0.25, 0.3) is 0 Å². The van der Waals surface area contributed by atoms with Gasteiger partial charge in [-0.3, -0.25) is 14.4 Å². The molecule has 0 heterocycles. The molecule has 1 unspecified atom stereocenters. The highest BCUT2D eigenvalue weighted by molar-refractivity contribution is 5.95. The van der Waals surface area contributed by atoms with Crippen LogP contribution in [0.1, 0.15) is 127 Å². The minimum absolute atomic E-state index is 0.0210. The highest BCUT2D eigenvalue weighted by Crippen LogP contribution is 2.75. The molecule has 0 saturated heterocycles. The molecule has 9 atom stereocenters. The number of ketones is 1. The molecule has 5 aliphatic rings. The van der Waals surface area contributed by atoms with E-state index in [9.17, 15) is 9.59 Å². The van der Waals surface area contributed by atoms with Crippen molar-refractivity contribution in [1.29, 1.82) is 0 Å². The third-order valence-corrected chi connectivity index (χ3v) is 13.7. The van der Waals surface area contributed by atoms with Crippen LogP contribution in [0.2, 0.25) is 0 Å². The van der Waals surface area contributed by atoms with Gasteiger partial charge >= 0.3 is 0 Å². The van der Waals surface area contributed by atoms with Crippen LogP contribution in [-0.2, 0) is 14.4 Å². The molecule has 3 N–H and O–H groups in total. The van der Waals surface area contributed by atoms with Crippen LogP contribution in [0.15, 0.2) is 11.6 Å². The van der Waals surface area contributed by atoms with Crippen molar-refractivity contribution in [3.8, 4) is 0 Å². The molecule has 39 heavy (non-hydrogen) atoms. The van der Waals surface area contributed by atoms with Gasteiger partial charge in [-0.1, -0.05) is 54.0 Å². The van der Waals surface area contributed by atoms with Gasteiger partial charge in [-0.15, -0.1) is 0 Å². The normalized spacial score (nSPS) is 49.1. The molecule has 1 amide bonds. The Kier molecular flexibility index (Phi) is 6.51. The molecular weight excluding hydrogens is 484 g/mol. The fourth-order valence-corrected chi connectivity index (χ4v) is 10.7. The number of hydrogen-bond donors (Lipinski definition) is 2. The van der Waals surface area contributed by atoms with Crippen molar-refractivity contribution < 1.29 is 14.4 Å². The zero-order chi connectivity index (χ0) is 29.0. The largest absolute Gasteiger partial charge is 0.327 e. The first kappa shape index (κ1) is 29.3. The molecule has 0 aromatic heterocycles. The first-order valence-electron chi connectivity index (χ1n) is 15.7. The summed E-state index contributed by atoms with van der Waals surface area (Å²) in [7, 11) is 0. The molecular formula is C34H56N2O3. The fourth-order valence-electron chi connectivity index (χ4n) is 10.7. The third kappa shape index (κ3) is 4.06. The van der Waals surface area contributed by atoms with Gasteiger partial charge in [0.15, 0.2) is 5.78 Å². The van der Waals surface area contributed by atoms with Crippen LogP contribution in [0.25, 0.3) is 0 Å². The highest BCUT2D eigenvalue weighted by atomic mass is 16.7. The summed E-state index contributed by atoms with van der Waals surface area (Å²) >= 11 is 0. The topological polar surface area (TPSA) is 81.4 Å². The lowest BCUT2D eigenvalue weighted by Gasteiger charge is -2.70. The van der Waals surface area contributed by atoms with E-state index in [2.05, 4.69) is 60.0 Å². The second kappa shape index (κ2) is 8.66. The second-order valence-corrected chi connectivity index (χ2v) is 17.4.